The molecule has 1 aromatic carbocycles. The number of nitrogens with two attached hydrogens (primary N) is 1. The molecule has 0 saturated heterocycles. The molecule has 0 amide bonds. The lowest BCUT2D eigenvalue weighted by Crippen LogP contribution is -2.20. The first kappa shape index (κ1) is 13.1. The van der Waals surface area contributed by atoms with Crippen LogP contribution in [0.25, 0.3) is 0 Å². The van der Waals surface area contributed by atoms with Crippen molar-refractivity contribution in [3.05, 3.63) is 22.7 Å². The van der Waals surface area contributed by atoms with Gasteiger partial charge in [-0.1, -0.05) is 11.6 Å². The number of benzene rings is 1. The standard InChI is InChI=1S/C12H19ClN2O/c1-4-16-9(3)7-15-12-6-10(13)11(14)5-8(12)2/h5-6,9,15H,4,7,14H2,1-3H3. The summed E-state index contributed by atoms with van der Waals surface area (Å²) in [6.45, 7) is 7.51. The van der Waals surface area contributed by atoms with E-state index in [2.05, 4.69) is 5.32 Å². The van der Waals surface area contributed by atoms with E-state index in [9.17, 15) is 0 Å². The van der Waals surface area contributed by atoms with Crippen LogP contribution >= 0.6 is 11.6 Å². The van der Waals surface area contributed by atoms with Crippen LogP contribution in [-0.4, -0.2) is 19.3 Å². The molecule has 0 aliphatic rings. The molecule has 3 nitrogen and oxygen atoms in total. The van der Waals surface area contributed by atoms with Crippen molar-refractivity contribution >= 4 is 23.0 Å². The number of hydrogen-bond donors (Lipinski definition) is 2. The van der Waals surface area contributed by atoms with Crippen molar-refractivity contribution in [3.8, 4) is 0 Å². The Labute approximate surface area is 102 Å². The minimum atomic E-state index is 0.181. The van der Waals surface area contributed by atoms with E-state index in [0.29, 0.717) is 10.7 Å². The first-order chi connectivity index (χ1) is 7.54. The van der Waals surface area contributed by atoms with Gasteiger partial charge in [-0.2, -0.15) is 0 Å². The fraction of sp³-hybridized carbons (Fsp3) is 0.500. The van der Waals surface area contributed by atoms with E-state index in [-0.39, 0.29) is 6.10 Å². The van der Waals surface area contributed by atoms with E-state index >= 15 is 0 Å². The number of hydrogen-bond acceptors (Lipinski definition) is 3. The lowest BCUT2D eigenvalue weighted by Gasteiger charge is -2.15. The molecule has 4 heteroatoms. The van der Waals surface area contributed by atoms with Crippen LogP contribution in [0.15, 0.2) is 12.1 Å². The summed E-state index contributed by atoms with van der Waals surface area (Å²) in [5.41, 5.74) is 8.42. The lowest BCUT2D eigenvalue weighted by atomic mass is 10.1. The van der Waals surface area contributed by atoms with Crippen molar-refractivity contribution in [2.75, 3.05) is 24.2 Å². The van der Waals surface area contributed by atoms with Crippen LogP contribution < -0.4 is 11.1 Å². The van der Waals surface area contributed by atoms with Crippen LogP contribution in [0.1, 0.15) is 19.4 Å². The number of nitrogen functional groups attached to an aromatic ring is 1. The molecule has 0 radical (unpaired) electrons. The molecule has 0 fully saturated rings. The first-order valence-electron chi connectivity index (χ1n) is 5.45. The molecular formula is C12H19ClN2O. The normalized spacial score (nSPS) is 12.5. The van der Waals surface area contributed by atoms with Gasteiger partial charge < -0.3 is 15.8 Å². The molecule has 0 aliphatic heterocycles. The van der Waals surface area contributed by atoms with E-state index in [0.717, 1.165) is 24.4 Å². The molecule has 3 N–H and O–H groups in total. The number of ether oxygens (including phenoxy) is 1. The van der Waals surface area contributed by atoms with Crippen LogP contribution in [0.4, 0.5) is 11.4 Å². The van der Waals surface area contributed by atoms with Crippen LogP contribution in [-0.2, 0) is 4.74 Å². The van der Waals surface area contributed by atoms with Gasteiger partial charge in [0.2, 0.25) is 0 Å². The van der Waals surface area contributed by atoms with Crippen molar-refractivity contribution in [2.24, 2.45) is 0 Å². The largest absolute Gasteiger partial charge is 0.398 e. The Bertz CT molecular complexity index is 355. The molecule has 0 saturated carbocycles. The zero-order chi connectivity index (χ0) is 12.1. The molecule has 0 aromatic heterocycles. The third kappa shape index (κ3) is 3.58. The molecule has 0 aliphatic carbocycles. The number of rotatable bonds is 5. The summed E-state index contributed by atoms with van der Waals surface area (Å²) in [6, 6.07) is 3.72. The van der Waals surface area contributed by atoms with Gasteiger partial charge in [0.1, 0.15) is 0 Å². The highest BCUT2D eigenvalue weighted by atomic mass is 35.5. The highest BCUT2D eigenvalue weighted by molar-refractivity contribution is 6.33. The molecule has 16 heavy (non-hydrogen) atoms. The quantitative estimate of drug-likeness (QED) is 0.781. The summed E-state index contributed by atoms with van der Waals surface area (Å²) in [5.74, 6) is 0. The molecule has 90 valence electrons. The third-order valence-corrected chi connectivity index (χ3v) is 2.70. The molecule has 0 heterocycles. The lowest BCUT2D eigenvalue weighted by molar-refractivity contribution is 0.0855. The van der Waals surface area contributed by atoms with E-state index < -0.39 is 0 Å². The highest BCUT2D eigenvalue weighted by Crippen LogP contribution is 2.26. The summed E-state index contributed by atoms with van der Waals surface area (Å²) < 4.78 is 5.44. The average molecular weight is 243 g/mol. The Balaban J connectivity index is 2.63. The smallest absolute Gasteiger partial charge is 0.0719 e. The molecule has 1 aromatic rings. The van der Waals surface area contributed by atoms with Crippen molar-refractivity contribution in [1.82, 2.24) is 0 Å². The molecule has 1 atom stereocenters. The minimum Gasteiger partial charge on any atom is -0.398 e. The Hall–Kier alpha value is -0.930. The summed E-state index contributed by atoms with van der Waals surface area (Å²) in [4.78, 5) is 0. The number of anilines is 2. The minimum absolute atomic E-state index is 0.181. The zero-order valence-corrected chi connectivity index (χ0v) is 10.8. The predicted molar refractivity (Wildman–Crippen MR) is 70.2 cm³/mol. The van der Waals surface area contributed by atoms with Gasteiger partial charge in [-0.15, -0.1) is 0 Å². The Morgan fingerprint density at radius 3 is 2.81 bits per heavy atom. The van der Waals surface area contributed by atoms with E-state index in [1.54, 1.807) is 0 Å². The van der Waals surface area contributed by atoms with E-state index in [1.165, 1.54) is 0 Å². The summed E-state index contributed by atoms with van der Waals surface area (Å²) in [6.07, 6.45) is 0.181. The Kier molecular flexibility index (Phi) is 4.90. The monoisotopic (exact) mass is 242 g/mol. The predicted octanol–water partition coefficient (Wildman–Crippen LogP) is 3.07. The SMILES string of the molecule is CCOC(C)CNc1cc(Cl)c(N)cc1C. The molecule has 0 bridgehead atoms. The van der Waals surface area contributed by atoms with E-state index in [4.69, 9.17) is 22.1 Å². The Morgan fingerprint density at radius 2 is 2.19 bits per heavy atom. The second-order valence-electron chi connectivity index (χ2n) is 3.84. The van der Waals surface area contributed by atoms with Gasteiger partial charge in [0.05, 0.1) is 16.8 Å². The zero-order valence-electron chi connectivity index (χ0n) is 10.0. The van der Waals surface area contributed by atoms with Crippen LogP contribution in [0.2, 0.25) is 5.02 Å². The fourth-order valence-electron chi connectivity index (χ4n) is 1.49. The van der Waals surface area contributed by atoms with Crippen molar-refractivity contribution in [3.63, 3.8) is 0 Å². The maximum Gasteiger partial charge on any atom is 0.0719 e. The van der Waals surface area contributed by atoms with Crippen molar-refractivity contribution in [2.45, 2.75) is 26.9 Å². The van der Waals surface area contributed by atoms with Gasteiger partial charge in [0.15, 0.2) is 0 Å². The van der Waals surface area contributed by atoms with Gasteiger partial charge in [-0.05, 0) is 38.5 Å². The maximum atomic E-state index is 5.97. The van der Waals surface area contributed by atoms with Crippen molar-refractivity contribution in [1.29, 1.82) is 0 Å². The van der Waals surface area contributed by atoms with Crippen LogP contribution in [0.3, 0.4) is 0 Å². The van der Waals surface area contributed by atoms with Gasteiger partial charge in [0.25, 0.3) is 0 Å². The molecule has 1 unspecified atom stereocenters. The molecule has 0 spiro atoms. The fourth-order valence-corrected chi connectivity index (χ4v) is 1.66. The van der Waals surface area contributed by atoms with Gasteiger partial charge in [0, 0.05) is 18.8 Å². The number of nitrogens with one attached hydrogen (secondary N) is 1. The maximum absolute atomic E-state index is 5.97. The van der Waals surface area contributed by atoms with Gasteiger partial charge in [-0.25, -0.2) is 0 Å². The number of halogens is 1. The molecule has 1 rings (SSSR count). The summed E-state index contributed by atoms with van der Waals surface area (Å²) in [7, 11) is 0. The second kappa shape index (κ2) is 5.97. The second-order valence-corrected chi connectivity index (χ2v) is 4.24. The first-order valence-corrected chi connectivity index (χ1v) is 5.83. The van der Waals surface area contributed by atoms with Gasteiger partial charge in [-0.3, -0.25) is 0 Å². The third-order valence-electron chi connectivity index (χ3n) is 2.37. The van der Waals surface area contributed by atoms with E-state index in [1.807, 2.05) is 32.9 Å². The van der Waals surface area contributed by atoms with Gasteiger partial charge >= 0.3 is 0 Å². The van der Waals surface area contributed by atoms with Crippen LogP contribution in [0, 0.1) is 6.92 Å². The Morgan fingerprint density at radius 1 is 1.50 bits per heavy atom. The summed E-state index contributed by atoms with van der Waals surface area (Å²) >= 11 is 5.97. The highest BCUT2D eigenvalue weighted by Gasteiger charge is 2.05. The average Bonchev–Trinajstić information content (AvgIpc) is 2.22. The summed E-state index contributed by atoms with van der Waals surface area (Å²) in [5, 5.41) is 3.88. The van der Waals surface area contributed by atoms with Crippen molar-refractivity contribution < 1.29 is 4.74 Å². The van der Waals surface area contributed by atoms with Crippen LogP contribution in [0.5, 0.6) is 0 Å². The molecular weight excluding hydrogens is 224 g/mol. The topological polar surface area (TPSA) is 47.3 Å². The number of aryl methyl sites for hydroxylation is 1.